The number of aliphatic hydroxyl groups is 1. The molecule has 0 aromatic rings. The molecule has 2 unspecified atom stereocenters. The Morgan fingerprint density at radius 1 is 1.38 bits per heavy atom. The van der Waals surface area contributed by atoms with Crippen molar-refractivity contribution in [3.8, 4) is 0 Å². The lowest BCUT2D eigenvalue weighted by Gasteiger charge is -2.58. The summed E-state index contributed by atoms with van der Waals surface area (Å²) in [5.41, 5.74) is -1.85. The third-order valence-corrected chi connectivity index (χ3v) is 8.40. The summed E-state index contributed by atoms with van der Waals surface area (Å²) < 4.78 is 0. The molecule has 4 aliphatic rings. The minimum atomic E-state index is -1.21. The van der Waals surface area contributed by atoms with Crippen LogP contribution in [0.3, 0.4) is 0 Å². The summed E-state index contributed by atoms with van der Waals surface area (Å²) in [6.45, 7) is 6.13. The Bertz CT molecular complexity index is 638. The number of aliphatic hydroxyl groups excluding tert-OH is 1. The van der Waals surface area contributed by atoms with Crippen molar-refractivity contribution in [3.05, 3.63) is 11.6 Å². The molecule has 0 aromatic carbocycles. The fourth-order valence-corrected chi connectivity index (χ4v) is 7.66. The van der Waals surface area contributed by atoms with Crippen molar-refractivity contribution >= 4 is 12.3 Å². The van der Waals surface area contributed by atoms with Crippen LogP contribution in [0, 0.1) is 45.8 Å². The van der Waals surface area contributed by atoms with Gasteiger partial charge in [0.25, 0.3) is 0 Å². The van der Waals surface area contributed by atoms with Crippen LogP contribution in [-0.2, 0) is 9.59 Å². The molecule has 0 radical (unpaired) electrons. The van der Waals surface area contributed by atoms with Gasteiger partial charge >= 0.3 is 5.97 Å². The number of hydrogen-bond donors (Lipinski definition) is 2. The lowest BCUT2D eigenvalue weighted by atomic mass is 9.43. The zero-order valence-corrected chi connectivity index (χ0v) is 14.8. The molecular weight excluding hydrogens is 304 g/mol. The quantitative estimate of drug-likeness (QED) is 0.613. The number of allylic oxidation sites excluding steroid dienone is 1. The second-order valence-corrected chi connectivity index (χ2v) is 9.14. The third-order valence-electron chi connectivity index (χ3n) is 8.40. The Hall–Kier alpha value is -1.16. The Kier molecular flexibility index (Phi) is 3.21. The molecule has 0 spiro atoms. The average Bonchev–Trinajstić information content (AvgIpc) is 3.11. The topological polar surface area (TPSA) is 74.6 Å². The molecule has 4 aliphatic carbocycles. The maximum Gasteiger partial charge on any atom is 0.315 e. The summed E-state index contributed by atoms with van der Waals surface area (Å²) in [7, 11) is 0. The van der Waals surface area contributed by atoms with Crippen LogP contribution in [0.1, 0.15) is 46.5 Å². The summed E-state index contributed by atoms with van der Waals surface area (Å²) in [6, 6.07) is 0. The third kappa shape index (κ3) is 1.35. The number of carboxylic acids is 1. The van der Waals surface area contributed by atoms with E-state index in [1.807, 2.05) is 13.8 Å². The first-order chi connectivity index (χ1) is 11.3. The van der Waals surface area contributed by atoms with Crippen LogP contribution in [-0.4, -0.2) is 29.1 Å². The van der Waals surface area contributed by atoms with Crippen molar-refractivity contribution in [3.63, 3.8) is 0 Å². The lowest BCUT2D eigenvalue weighted by molar-refractivity contribution is -0.184. The number of aldehydes is 1. The summed E-state index contributed by atoms with van der Waals surface area (Å²) in [5, 5.41) is 20.9. The summed E-state index contributed by atoms with van der Waals surface area (Å²) >= 11 is 0. The van der Waals surface area contributed by atoms with E-state index in [1.165, 1.54) is 0 Å². The van der Waals surface area contributed by atoms with Gasteiger partial charge in [-0.25, -0.2) is 0 Å². The molecule has 0 aromatic heterocycles. The van der Waals surface area contributed by atoms with Crippen molar-refractivity contribution < 1.29 is 19.8 Å². The molecule has 132 valence electrons. The number of aliphatic carboxylic acids is 1. The highest BCUT2D eigenvalue weighted by atomic mass is 16.4. The summed E-state index contributed by atoms with van der Waals surface area (Å²) in [5.74, 6) is 0.215. The second-order valence-electron chi connectivity index (χ2n) is 9.14. The van der Waals surface area contributed by atoms with Gasteiger partial charge in [-0.05, 0) is 48.9 Å². The number of carboxylic acid groups (broad SMARTS) is 1. The predicted molar refractivity (Wildman–Crippen MR) is 89.1 cm³/mol. The van der Waals surface area contributed by atoms with Gasteiger partial charge in [0.2, 0.25) is 0 Å². The first-order valence-electron chi connectivity index (χ1n) is 9.35. The van der Waals surface area contributed by atoms with Crippen molar-refractivity contribution in [1.29, 1.82) is 0 Å². The molecule has 4 heteroatoms. The zero-order valence-electron chi connectivity index (χ0n) is 14.8. The van der Waals surface area contributed by atoms with Crippen LogP contribution in [0.2, 0.25) is 0 Å². The Morgan fingerprint density at radius 3 is 2.62 bits per heavy atom. The largest absolute Gasteiger partial charge is 0.481 e. The highest BCUT2D eigenvalue weighted by Crippen LogP contribution is 2.82. The number of carbonyl (C=O) groups excluding carboxylic acids is 1. The Balaban J connectivity index is 2.03. The van der Waals surface area contributed by atoms with E-state index >= 15 is 0 Å². The number of rotatable bonds is 4. The molecule has 0 saturated heterocycles. The Morgan fingerprint density at radius 2 is 2.08 bits per heavy atom. The van der Waals surface area contributed by atoms with Gasteiger partial charge in [-0.2, -0.15) is 0 Å². The van der Waals surface area contributed by atoms with Crippen molar-refractivity contribution in [1.82, 2.24) is 0 Å². The fraction of sp³-hybridized carbons (Fsp3) is 0.800. The second kappa shape index (κ2) is 4.72. The molecule has 0 aliphatic heterocycles. The van der Waals surface area contributed by atoms with E-state index in [0.29, 0.717) is 18.3 Å². The van der Waals surface area contributed by atoms with Gasteiger partial charge in [-0.1, -0.05) is 38.8 Å². The van der Waals surface area contributed by atoms with Crippen LogP contribution < -0.4 is 0 Å². The summed E-state index contributed by atoms with van der Waals surface area (Å²) in [6.07, 6.45) is 6.47. The minimum Gasteiger partial charge on any atom is -0.481 e. The molecule has 0 heterocycles. The van der Waals surface area contributed by atoms with Crippen molar-refractivity contribution in [2.75, 3.05) is 6.61 Å². The lowest BCUT2D eigenvalue weighted by Crippen LogP contribution is -2.63. The van der Waals surface area contributed by atoms with Gasteiger partial charge in [-0.15, -0.1) is 0 Å². The van der Waals surface area contributed by atoms with Gasteiger partial charge in [0.1, 0.15) is 11.7 Å². The molecule has 24 heavy (non-hydrogen) atoms. The monoisotopic (exact) mass is 332 g/mol. The van der Waals surface area contributed by atoms with Gasteiger partial charge in [0, 0.05) is 5.41 Å². The molecule has 7 atom stereocenters. The predicted octanol–water partition coefficient (Wildman–Crippen LogP) is 2.90. The first kappa shape index (κ1) is 16.3. The summed E-state index contributed by atoms with van der Waals surface area (Å²) in [4.78, 5) is 25.3. The fourth-order valence-electron chi connectivity index (χ4n) is 7.66. The maximum atomic E-state index is 12.8. The molecule has 4 bridgehead atoms. The zero-order chi connectivity index (χ0) is 17.5. The smallest absolute Gasteiger partial charge is 0.315 e. The van der Waals surface area contributed by atoms with E-state index < -0.39 is 22.2 Å². The maximum absolute atomic E-state index is 12.8. The number of fused-ring (bicyclic) bond motifs is 2. The van der Waals surface area contributed by atoms with Crippen molar-refractivity contribution in [2.45, 2.75) is 46.5 Å². The molecule has 4 rings (SSSR count). The van der Waals surface area contributed by atoms with Crippen LogP contribution in [0.25, 0.3) is 0 Å². The molecule has 3 fully saturated rings. The van der Waals surface area contributed by atoms with Crippen LogP contribution in [0.5, 0.6) is 0 Å². The van der Waals surface area contributed by atoms with E-state index in [0.717, 1.165) is 31.1 Å². The molecular formula is C20H28O4. The number of hydrogen-bond acceptors (Lipinski definition) is 3. The first-order valence-corrected chi connectivity index (χ1v) is 9.35. The molecule has 2 N–H and O–H groups in total. The highest BCUT2D eigenvalue weighted by Gasteiger charge is 2.84. The van der Waals surface area contributed by atoms with Gasteiger partial charge < -0.3 is 15.0 Å². The number of carbonyl (C=O) groups is 2. The van der Waals surface area contributed by atoms with E-state index in [4.69, 9.17) is 0 Å². The van der Waals surface area contributed by atoms with E-state index in [-0.39, 0.29) is 24.4 Å². The molecule has 3 saturated carbocycles. The van der Waals surface area contributed by atoms with Crippen molar-refractivity contribution in [2.24, 2.45) is 45.8 Å². The van der Waals surface area contributed by atoms with E-state index in [2.05, 4.69) is 13.0 Å². The molecule has 4 nitrogen and oxygen atoms in total. The van der Waals surface area contributed by atoms with Gasteiger partial charge in [0.05, 0.1) is 12.0 Å². The minimum absolute atomic E-state index is 0.0130. The van der Waals surface area contributed by atoms with Crippen LogP contribution >= 0.6 is 0 Å². The van der Waals surface area contributed by atoms with E-state index in [1.54, 1.807) is 0 Å². The Labute approximate surface area is 143 Å². The normalized spacial score (nSPS) is 51.6. The SMILES string of the molecule is CC(C)C1=CC2C[C@]3(C=O)[C@@H]4CC[C@@H](C)[C@H]4CC2(CO)[C@]13C(=O)O. The van der Waals surface area contributed by atoms with Crippen LogP contribution in [0.4, 0.5) is 0 Å². The average molecular weight is 332 g/mol. The van der Waals surface area contributed by atoms with Gasteiger partial charge in [0.15, 0.2) is 0 Å². The van der Waals surface area contributed by atoms with Crippen LogP contribution in [0.15, 0.2) is 11.6 Å². The van der Waals surface area contributed by atoms with E-state index in [9.17, 15) is 19.8 Å². The standard InChI is InChI=1S/C20H28O4/c1-11(2)16-6-13-7-19(10-22)15-5-4-12(3)14(15)8-18(13,9-21)20(16,19)17(23)24/h6,10-15,21H,4-5,7-9H2,1-3H3,(H,23,24)/t12-,13?,14-,15-,18?,19+,20-/m1/s1. The highest BCUT2D eigenvalue weighted by molar-refractivity contribution is 5.90. The van der Waals surface area contributed by atoms with Gasteiger partial charge in [-0.3, -0.25) is 4.79 Å². The molecule has 0 amide bonds.